The number of carboxylic acids is 1. The molecule has 0 aliphatic carbocycles. The predicted molar refractivity (Wildman–Crippen MR) is 37.4 cm³/mol. The number of hydrogen-bond acceptors (Lipinski definition) is 4. The SMILES string of the molecule is C=C(C(=O)O)N(O)C(=O)OCC. The summed E-state index contributed by atoms with van der Waals surface area (Å²) in [6, 6.07) is 0. The zero-order valence-electron chi connectivity index (χ0n) is 6.48. The van der Waals surface area contributed by atoms with Crippen LogP contribution in [0.15, 0.2) is 12.3 Å². The molecule has 0 spiro atoms. The first-order valence-electron chi connectivity index (χ1n) is 3.08. The lowest BCUT2D eigenvalue weighted by molar-refractivity contribution is -0.139. The summed E-state index contributed by atoms with van der Waals surface area (Å²) in [7, 11) is 0. The number of hydroxylamine groups is 2. The van der Waals surface area contributed by atoms with Crippen LogP contribution in [0, 0.1) is 0 Å². The number of hydrogen-bond donors (Lipinski definition) is 2. The Morgan fingerprint density at radius 2 is 2.08 bits per heavy atom. The molecule has 0 fully saturated rings. The first-order chi connectivity index (χ1) is 5.50. The molecule has 0 aliphatic heterocycles. The van der Waals surface area contributed by atoms with E-state index in [2.05, 4.69) is 11.3 Å². The molecule has 0 aliphatic rings. The van der Waals surface area contributed by atoms with Gasteiger partial charge in [0, 0.05) is 0 Å². The Kier molecular flexibility index (Phi) is 3.78. The van der Waals surface area contributed by atoms with Crippen molar-refractivity contribution in [3.63, 3.8) is 0 Å². The summed E-state index contributed by atoms with van der Waals surface area (Å²) in [5.74, 6) is -1.49. The molecule has 0 rings (SSSR count). The van der Waals surface area contributed by atoms with Crippen LogP contribution < -0.4 is 0 Å². The number of nitrogens with zero attached hydrogens (tertiary/aromatic N) is 1. The minimum absolute atomic E-state index is 0.0444. The Balaban J connectivity index is 4.19. The van der Waals surface area contributed by atoms with Gasteiger partial charge in [-0.3, -0.25) is 5.21 Å². The molecule has 0 saturated carbocycles. The van der Waals surface area contributed by atoms with E-state index in [-0.39, 0.29) is 11.7 Å². The van der Waals surface area contributed by atoms with E-state index in [1.165, 1.54) is 6.92 Å². The van der Waals surface area contributed by atoms with Crippen LogP contribution in [0.5, 0.6) is 0 Å². The Labute approximate surface area is 68.6 Å². The molecule has 12 heavy (non-hydrogen) atoms. The maximum absolute atomic E-state index is 10.6. The molecule has 2 N–H and O–H groups in total. The molecular weight excluding hydrogens is 166 g/mol. The molecule has 0 heterocycles. The molecule has 0 aromatic heterocycles. The van der Waals surface area contributed by atoms with Gasteiger partial charge in [-0.2, -0.15) is 0 Å². The lowest BCUT2D eigenvalue weighted by atomic mass is 10.5. The zero-order valence-corrected chi connectivity index (χ0v) is 6.48. The summed E-state index contributed by atoms with van der Waals surface area (Å²) in [5, 5.41) is 16.9. The van der Waals surface area contributed by atoms with Crippen LogP contribution in [-0.4, -0.2) is 34.0 Å². The van der Waals surface area contributed by atoms with Crippen LogP contribution in [-0.2, 0) is 9.53 Å². The van der Waals surface area contributed by atoms with Gasteiger partial charge in [0.15, 0.2) is 5.70 Å². The third kappa shape index (κ3) is 2.59. The molecule has 1 amide bonds. The summed E-state index contributed by atoms with van der Waals surface area (Å²) in [6.07, 6.45) is -1.16. The van der Waals surface area contributed by atoms with Crippen molar-refractivity contribution >= 4 is 12.1 Å². The van der Waals surface area contributed by atoms with Crippen molar-refractivity contribution in [2.75, 3.05) is 6.61 Å². The molecular formula is C6H9NO5. The fourth-order valence-corrected chi connectivity index (χ4v) is 0.385. The van der Waals surface area contributed by atoms with Crippen molar-refractivity contribution in [1.29, 1.82) is 0 Å². The van der Waals surface area contributed by atoms with E-state index in [1.54, 1.807) is 0 Å². The minimum Gasteiger partial charge on any atom is -0.477 e. The molecule has 0 saturated heterocycles. The summed E-state index contributed by atoms with van der Waals surface area (Å²) in [4.78, 5) is 20.8. The van der Waals surface area contributed by atoms with Crippen LogP contribution >= 0.6 is 0 Å². The summed E-state index contributed by atoms with van der Waals surface area (Å²) in [5.41, 5.74) is -0.756. The average Bonchev–Trinajstić information content (AvgIpc) is 2.02. The number of ether oxygens (including phenoxy) is 1. The first kappa shape index (κ1) is 10.4. The molecule has 0 unspecified atom stereocenters. The molecule has 0 aromatic carbocycles. The largest absolute Gasteiger partial charge is 0.477 e. The zero-order chi connectivity index (χ0) is 9.72. The lowest BCUT2D eigenvalue weighted by Crippen LogP contribution is -2.30. The smallest absolute Gasteiger partial charge is 0.438 e. The van der Waals surface area contributed by atoms with Crippen molar-refractivity contribution in [2.45, 2.75) is 6.92 Å². The van der Waals surface area contributed by atoms with Gasteiger partial charge in [0.2, 0.25) is 0 Å². The van der Waals surface area contributed by atoms with Gasteiger partial charge >= 0.3 is 12.1 Å². The second kappa shape index (κ2) is 4.35. The highest BCUT2D eigenvalue weighted by Crippen LogP contribution is 2.00. The van der Waals surface area contributed by atoms with Crippen LogP contribution in [0.3, 0.4) is 0 Å². The van der Waals surface area contributed by atoms with Crippen molar-refractivity contribution in [3.05, 3.63) is 12.3 Å². The van der Waals surface area contributed by atoms with Gasteiger partial charge in [0.1, 0.15) is 0 Å². The summed E-state index contributed by atoms with van der Waals surface area (Å²) < 4.78 is 4.29. The Hall–Kier alpha value is -1.56. The second-order valence-electron chi connectivity index (χ2n) is 1.76. The standard InChI is InChI=1S/C6H9NO5/c1-3-12-6(10)7(11)4(2)5(8)9/h11H,2-3H2,1H3,(H,8,9). The predicted octanol–water partition coefficient (Wildman–Crippen LogP) is 0.432. The number of carbonyl (C=O) groups excluding carboxylic acids is 1. The van der Waals surface area contributed by atoms with E-state index in [9.17, 15) is 9.59 Å². The fourth-order valence-electron chi connectivity index (χ4n) is 0.385. The van der Waals surface area contributed by atoms with Gasteiger partial charge in [-0.25, -0.2) is 9.59 Å². The van der Waals surface area contributed by atoms with Crippen molar-refractivity contribution in [3.8, 4) is 0 Å². The van der Waals surface area contributed by atoms with Crippen LogP contribution in [0.1, 0.15) is 6.92 Å². The van der Waals surface area contributed by atoms with Crippen LogP contribution in [0.2, 0.25) is 0 Å². The highest BCUT2D eigenvalue weighted by atomic mass is 16.6. The number of rotatable bonds is 3. The second-order valence-corrected chi connectivity index (χ2v) is 1.76. The molecule has 0 aromatic rings. The maximum atomic E-state index is 10.6. The van der Waals surface area contributed by atoms with Crippen LogP contribution in [0.25, 0.3) is 0 Å². The van der Waals surface area contributed by atoms with Gasteiger partial charge in [0.05, 0.1) is 6.61 Å². The minimum atomic E-state index is -1.49. The van der Waals surface area contributed by atoms with E-state index < -0.39 is 17.8 Å². The van der Waals surface area contributed by atoms with Crippen molar-refractivity contribution < 1.29 is 24.6 Å². The quantitative estimate of drug-likeness (QED) is 0.369. The van der Waals surface area contributed by atoms with Crippen molar-refractivity contribution in [1.82, 2.24) is 5.06 Å². The number of carbonyl (C=O) groups is 2. The van der Waals surface area contributed by atoms with E-state index in [4.69, 9.17) is 10.3 Å². The van der Waals surface area contributed by atoms with Crippen LogP contribution in [0.4, 0.5) is 4.79 Å². The molecule has 6 nitrogen and oxygen atoms in total. The van der Waals surface area contributed by atoms with Crippen molar-refractivity contribution in [2.24, 2.45) is 0 Å². The third-order valence-corrected chi connectivity index (χ3v) is 0.943. The number of amides is 1. The van der Waals surface area contributed by atoms with E-state index in [0.717, 1.165) is 0 Å². The van der Waals surface area contributed by atoms with Gasteiger partial charge in [-0.15, -0.1) is 5.06 Å². The number of carboxylic acid groups (broad SMARTS) is 1. The Bertz CT molecular complexity index is 212. The fraction of sp³-hybridized carbons (Fsp3) is 0.333. The van der Waals surface area contributed by atoms with Gasteiger partial charge in [-0.05, 0) is 6.92 Å². The Morgan fingerprint density at radius 1 is 1.58 bits per heavy atom. The summed E-state index contributed by atoms with van der Waals surface area (Å²) in [6.45, 7) is 4.50. The first-order valence-corrected chi connectivity index (χ1v) is 3.08. The van der Waals surface area contributed by atoms with Gasteiger partial charge in [0.25, 0.3) is 0 Å². The van der Waals surface area contributed by atoms with E-state index in [1.807, 2.05) is 0 Å². The highest BCUT2D eigenvalue weighted by molar-refractivity contribution is 5.89. The molecule has 68 valence electrons. The molecule has 0 bridgehead atoms. The normalized spacial score (nSPS) is 8.83. The topological polar surface area (TPSA) is 87.1 Å². The third-order valence-electron chi connectivity index (χ3n) is 0.943. The monoisotopic (exact) mass is 175 g/mol. The van der Waals surface area contributed by atoms with E-state index in [0.29, 0.717) is 0 Å². The molecule has 0 radical (unpaired) electrons. The molecule has 0 atom stereocenters. The lowest BCUT2D eigenvalue weighted by Gasteiger charge is -2.12. The number of aliphatic carboxylic acids is 1. The Morgan fingerprint density at radius 3 is 2.42 bits per heavy atom. The van der Waals surface area contributed by atoms with Gasteiger partial charge in [-0.1, -0.05) is 6.58 Å². The van der Waals surface area contributed by atoms with Gasteiger partial charge < -0.3 is 9.84 Å². The maximum Gasteiger partial charge on any atom is 0.438 e. The summed E-state index contributed by atoms with van der Waals surface area (Å²) >= 11 is 0. The molecule has 6 heteroatoms. The van der Waals surface area contributed by atoms with E-state index >= 15 is 0 Å². The highest BCUT2D eigenvalue weighted by Gasteiger charge is 2.20. The average molecular weight is 175 g/mol.